The molecule has 0 aliphatic heterocycles. The van der Waals surface area contributed by atoms with Gasteiger partial charge in [-0.3, -0.25) is 5.41 Å². The van der Waals surface area contributed by atoms with Gasteiger partial charge in [-0.15, -0.1) is 0 Å². The summed E-state index contributed by atoms with van der Waals surface area (Å²) in [5.41, 5.74) is 6.22. The van der Waals surface area contributed by atoms with Gasteiger partial charge in [0.2, 0.25) is 0 Å². The van der Waals surface area contributed by atoms with Crippen LogP contribution in [0.2, 0.25) is 0 Å². The first kappa shape index (κ1) is 9.92. The molecule has 0 saturated heterocycles. The zero-order chi connectivity index (χ0) is 10.7. The van der Waals surface area contributed by atoms with E-state index < -0.39 is 0 Å². The van der Waals surface area contributed by atoms with Crippen molar-refractivity contribution in [3.63, 3.8) is 0 Å². The first-order valence-corrected chi connectivity index (χ1v) is 5.41. The second kappa shape index (κ2) is 4.27. The number of aromatic nitrogens is 2. The van der Waals surface area contributed by atoms with Crippen LogP contribution in [0.5, 0.6) is 0 Å². The van der Waals surface area contributed by atoms with E-state index >= 15 is 0 Å². The lowest BCUT2D eigenvalue weighted by atomic mass is 10.2. The van der Waals surface area contributed by atoms with Crippen LogP contribution in [0.1, 0.15) is 0 Å². The van der Waals surface area contributed by atoms with Gasteiger partial charge in [0.05, 0.1) is 11.3 Å². The average Bonchev–Trinajstić information content (AvgIpc) is 2.26. The highest BCUT2D eigenvalue weighted by molar-refractivity contribution is 8.00. The molecule has 0 fully saturated rings. The van der Waals surface area contributed by atoms with Crippen LogP contribution >= 0.6 is 11.8 Å². The predicted molar refractivity (Wildman–Crippen MR) is 62.2 cm³/mol. The zero-order valence-electron chi connectivity index (χ0n) is 7.97. The van der Waals surface area contributed by atoms with Crippen molar-refractivity contribution in [3.8, 4) is 0 Å². The van der Waals surface area contributed by atoms with Crippen molar-refractivity contribution in [2.75, 3.05) is 5.75 Å². The van der Waals surface area contributed by atoms with Crippen LogP contribution in [-0.2, 0) is 0 Å². The lowest BCUT2D eigenvalue weighted by Crippen LogP contribution is -2.12. The van der Waals surface area contributed by atoms with E-state index in [0.717, 1.165) is 15.9 Å². The van der Waals surface area contributed by atoms with Gasteiger partial charge in [0, 0.05) is 5.39 Å². The van der Waals surface area contributed by atoms with Gasteiger partial charge in [-0.1, -0.05) is 30.0 Å². The molecule has 0 aliphatic rings. The van der Waals surface area contributed by atoms with Gasteiger partial charge in [-0.2, -0.15) is 0 Å². The molecule has 4 nitrogen and oxygen atoms in total. The van der Waals surface area contributed by atoms with E-state index in [1.807, 2.05) is 24.3 Å². The maximum atomic E-state index is 7.17. The third-order valence-electron chi connectivity index (χ3n) is 1.87. The van der Waals surface area contributed by atoms with Crippen LogP contribution in [0, 0.1) is 5.41 Å². The fourth-order valence-corrected chi connectivity index (χ4v) is 1.98. The smallest absolute Gasteiger partial charge is 0.117 e. The Hall–Kier alpha value is -1.62. The van der Waals surface area contributed by atoms with E-state index in [1.54, 1.807) is 0 Å². The Morgan fingerprint density at radius 1 is 1.33 bits per heavy atom. The molecule has 0 atom stereocenters. The second-order valence-corrected chi connectivity index (χ2v) is 3.97. The molecule has 76 valence electrons. The Morgan fingerprint density at radius 3 is 2.93 bits per heavy atom. The molecule has 0 radical (unpaired) electrons. The summed E-state index contributed by atoms with van der Waals surface area (Å²) in [4.78, 5) is 8.34. The summed E-state index contributed by atoms with van der Waals surface area (Å²) in [7, 11) is 0. The normalized spacial score (nSPS) is 10.4. The van der Waals surface area contributed by atoms with Gasteiger partial charge >= 0.3 is 0 Å². The van der Waals surface area contributed by atoms with Crippen LogP contribution in [0.25, 0.3) is 10.9 Å². The maximum Gasteiger partial charge on any atom is 0.117 e. The summed E-state index contributed by atoms with van der Waals surface area (Å²) in [6.45, 7) is 0. The SMILES string of the molecule is N=C(N)CSc1ncnc2ccccc12. The highest BCUT2D eigenvalue weighted by Crippen LogP contribution is 2.23. The molecule has 2 rings (SSSR count). The Morgan fingerprint density at radius 2 is 2.13 bits per heavy atom. The van der Waals surface area contributed by atoms with Crippen LogP contribution in [0.3, 0.4) is 0 Å². The Balaban J connectivity index is 2.38. The first-order chi connectivity index (χ1) is 7.27. The van der Waals surface area contributed by atoms with Crippen molar-refractivity contribution in [1.29, 1.82) is 5.41 Å². The fourth-order valence-electron chi connectivity index (χ4n) is 1.24. The molecule has 1 aromatic carbocycles. The molecule has 0 saturated carbocycles. The van der Waals surface area contributed by atoms with Crippen molar-refractivity contribution < 1.29 is 0 Å². The molecule has 15 heavy (non-hydrogen) atoms. The Kier molecular flexibility index (Phi) is 2.82. The number of para-hydroxylation sites is 1. The Bertz CT molecular complexity index is 492. The molecule has 0 aliphatic carbocycles. The number of benzene rings is 1. The van der Waals surface area contributed by atoms with Crippen molar-refractivity contribution >= 4 is 28.5 Å². The molecule has 0 amide bonds. The van der Waals surface area contributed by atoms with Crippen molar-refractivity contribution in [1.82, 2.24) is 9.97 Å². The highest BCUT2D eigenvalue weighted by Gasteiger charge is 2.03. The van der Waals surface area contributed by atoms with Gasteiger partial charge in [-0.05, 0) is 6.07 Å². The van der Waals surface area contributed by atoms with Gasteiger partial charge in [-0.25, -0.2) is 9.97 Å². The molecular formula is C10H10N4S. The van der Waals surface area contributed by atoms with Crippen molar-refractivity contribution in [2.24, 2.45) is 5.73 Å². The minimum absolute atomic E-state index is 0.155. The van der Waals surface area contributed by atoms with E-state index in [4.69, 9.17) is 11.1 Å². The standard InChI is InChI=1S/C10H10N4S/c11-9(12)5-15-10-7-3-1-2-4-8(7)13-6-14-10/h1-4,6H,5H2,(H3,11,12). The molecular weight excluding hydrogens is 208 g/mol. The largest absolute Gasteiger partial charge is 0.387 e. The summed E-state index contributed by atoms with van der Waals surface area (Å²) in [6.07, 6.45) is 1.53. The van der Waals surface area contributed by atoms with Gasteiger partial charge in [0.25, 0.3) is 0 Å². The second-order valence-electron chi connectivity index (χ2n) is 3.01. The highest BCUT2D eigenvalue weighted by atomic mass is 32.2. The van der Waals surface area contributed by atoms with Gasteiger partial charge in [0.15, 0.2) is 0 Å². The van der Waals surface area contributed by atoms with Crippen LogP contribution in [0.4, 0.5) is 0 Å². The summed E-state index contributed by atoms with van der Waals surface area (Å²) in [5.74, 6) is 0.615. The molecule has 1 aromatic heterocycles. The average molecular weight is 218 g/mol. The number of hydrogen-bond acceptors (Lipinski definition) is 4. The maximum absolute atomic E-state index is 7.17. The van der Waals surface area contributed by atoms with Crippen molar-refractivity contribution in [3.05, 3.63) is 30.6 Å². The van der Waals surface area contributed by atoms with E-state index in [-0.39, 0.29) is 5.84 Å². The Labute approximate surface area is 91.4 Å². The van der Waals surface area contributed by atoms with Gasteiger partial charge < -0.3 is 5.73 Å². The quantitative estimate of drug-likeness (QED) is 0.355. The summed E-state index contributed by atoms with van der Waals surface area (Å²) >= 11 is 1.46. The third-order valence-corrected chi connectivity index (χ3v) is 2.92. The number of nitrogens with one attached hydrogen (secondary N) is 1. The summed E-state index contributed by atoms with van der Waals surface area (Å²) in [5, 5.41) is 9.04. The monoisotopic (exact) mass is 218 g/mol. The lowest BCUT2D eigenvalue weighted by molar-refractivity contribution is 1.10. The minimum atomic E-state index is 0.155. The number of nitrogens with two attached hydrogens (primary N) is 1. The van der Waals surface area contributed by atoms with E-state index in [2.05, 4.69) is 9.97 Å². The molecule has 2 aromatic rings. The van der Waals surface area contributed by atoms with Gasteiger partial charge in [0.1, 0.15) is 17.2 Å². The molecule has 0 bridgehead atoms. The third kappa shape index (κ3) is 2.24. The van der Waals surface area contributed by atoms with Crippen LogP contribution in [-0.4, -0.2) is 21.6 Å². The van der Waals surface area contributed by atoms with Crippen LogP contribution in [0.15, 0.2) is 35.6 Å². The zero-order valence-corrected chi connectivity index (χ0v) is 8.79. The molecule has 0 spiro atoms. The number of fused-ring (bicyclic) bond motifs is 1. The number of amidine groups is 1. The lowest BCUT2D eigenvalue weighted by Gasteiger charge is -2.03. The van der Waals surface area contributed by atoms with E-state index in [0.29, 0.717) is 5.75 Å². The summed E-state index contributed by atoms with van der Waals surface area (Å²) in [6, 6.07) is 7.80. The molecule has 3 N–H and O–H groups in total. The molecule has 1 heterocycles. The summed E-state index contributed by atoms with van der Waals surface area (Å²) < 4.78 is 0. The molecule has 0 unspecified atom stereocenters. The number of nitrogens with zero attached hydrogens (tertiary/aromatic N) is 2. The van der Waals surface area contributed by atoms with E-state index in [1.165, 1.54) is 18.1 Å². The van der Waals surface area contributed by atoms with Crippen molar-refractivity contribution in [2.45, 2.75) is 5.03 Å². The van der Waals surface area contributed by atoms with E-state index in [9.17, 15) is 0 Å². The predicted octanol–water partition coefficient (Wildman–Crippen LogP) is 1.66. The van der Waals surface area contributed by atoms with Crippen LogP contribution < -0.4 is 5.73 Å². The first-order valence-electron chi connectivity index (χ1n) is 4.43. The number of thioether (sulfide) groups is 1. The fraction of sp³-hybridized carbons (Fsp3) is 0.100. The molecule has 5 heteroatoms. The number of hydrogen-bond donors (Lipinski definition) is 2. The topological polar surface area (TPSA) is 75.7 Å². The minimum Gasteiger partial charge on any atom is -0.387 e. The number of rotatable bonds is 3.